The number of anilines is 2. The van der Waals surface area contributed by atoms with Gasteiger partial charge in [0.05, 0.1) is 17.9 Å². The molecular formula is C17H14FN5O. The molecule has 2 N–H and O–H groups in total. The minimum absolute atomic E-state index is 0.0987. The second-order valence-electron chi connectivity index (χ2n) is 4.91. The van der Waals surface area contributed by atoms with Crippen molar-refractivity contribution in [1.82, 2.24) is 15.2 Å². The molecule has 2 aromatic heterocycles. The third-order valence-corrected chi connectivity index (χ3v) is 3.20. The molecule has 2 heterocycles. The van der Waals surface area contributed by atoms with Crippen molar-refractivity contribution in [2.45, 2.75) is 6.54 Å². The number of rotatable bonds is 5. The van der Waals surface area contributed by atoms with Gasteiger partial charge in [-0.2, -0.15) is 0 Å². The Labute approximate surface area is 137 Å². The average Bonchev–Trinajstić information content (AvgIpc) is 2.63. The first-order valence-electron chi connectivity index (χ1n) is 7.26. The summed E-state index contributed by atoms with van der Waals surface area (Å²) in [4.78, 5) is 16.2. The number of para-hydroxylation sites is 1. The van der Waals surface area contributed by atoms with Crippen molar-refractivity contribution >= 4 is 17.4 Å². The molecule has 0 radical (unpaired) electrons. The number of aromatic nitrogens is 3. The van der Waals surface area contributed by atoms with E-state index in [0.717, 1.165) is 5.69 Å². The highest BCUT2D eigenvalue weighted by molar-refractivity contribution is 6.02. The molecule has 0 unspecified atom stereocenters. The van der Waals surface area contributed by atoms with Crippen LogP contribution in [0.4, 0.5) is 15.9 Å². The molecule has 0 bridgehead atoms. The number of nitrogens with zero attached hydrogens (tertiary/aromatic N) is 3. The molecule has 6 nitrogen and oxygen atoms in total. The monoisotopic (exact) mass is 323 g/mol. The SMILES string of the molecule is O=C(Nc1ccccc1F)c1ccc(NCc2ccccn2)nn1. The van der Waals surface area contributed by atoms with Crippen molar-refractivity contribution in [1.29, 1.82) is 0 Å². The standard InChI is InChI=1S/C17H14FN5O/c18-13-6-1-2-7-14(13)21-17(24)15-8-9-16(23-22-15)20-11-12-5-3-4-10-19-12/h1-10H,11H2,(H,20,23)(H,21,24). The highest BCUT2D eigenvalue weighted by Crippen LogP contribution is 2.13. The maximum Gasteiger partial charge on any atom is 0.276 e. The van der Waals surface area contributed by atoms with E-state index < -0.39 is 11.7 Å². The van der Waals surface area contributed by atoms with Gasteiger partial charge in [-0.3, -0.25) is 9.78 Å². The smallest absolute Gasteiger partial charge is 0.276 e. The second kappa shape index (κ2) is 7.28. The van der Waals surface area contributed by atoms with Crippen LogP contribution in [0.25, 0.3) is 0 Å². The summed E-state index contributed by atoms with van der Waals surface area (Å²) in [7, 11) is 0. The molecule has 0 aliphatic carbocycles. The van der Waals surface area contributed by atoms with Gasteiger partial charge in [0.2, 0.25) is 0 Å². The lowest BCUT2D eigenvalue weighted by atomic mass is 10.3. The summed E-state index contributed by atoms with van der Waals surface area (Å²) >= 11 is 0. The lowest BCUT2D eigenvalue weighted by Crippen LogP contribution is -2.15. The predicted octanol–water partition coefficient (Wildman–Crippen LogP) is 2.88. The van der Waals surface area contributed by atoms with Crippen molar-refractivity contribution in [3.8, 4) is 0 Å². The number of amides is 1. The van der Waals surface area contributed by atoms with Crippen LogP contribution in [0.1, 0.15) is 16.2 Å². The molecule has 120 valence electrons. The van der Waals surface area contributed by atoms with Crippen LogP contribution in [-0.2, 0) is 6.54 Å². The molecule has 0 aliphatic rings. The van der Waals surface area contributed by atoms with E-state index in [1.165, 1.54) is 18.2 Å². The lowest BCUT2D eigenvalue weighted by Gasteiger charge is -2.07. The molecule has 0 spiro atoms. The van der Waals surface area contributed by atoms with E-state index in [2.05, 4.69) is 25.8 Å². The Kier molecular flexibility index (Phi) is 4.71. The Bertz CT molecular complexity index is 824. The van der Waals surface area contributed by atoms with Gasteiger partial charge in [0.1, 0.15) is 11.6 Å². The largest absolute Gasteiger partial charge is 0.363 e. The van der Waals surface area contributed by atoms with Crippen molar-refractivity contribution in [2.24, 2.45) is 0 Å². The Morgan fingerprint density at radius 3 is 2.54 bits per heavy atom. The molecule has 1 amide bonds. The maximum absolute atomic E-state index is 13.5. The number of carbonyl (C=O) groups excluding carboxylic acids is 1. The van der Waals surface area contributed by atoms with Crippen LogP contribution in [0.2, 0.25) is 0 Å². The Hall–Kier alpha value is -3.35. The highest BCUT2D eigenvalue weighted by Gasteiger charge is 2.11. The van der Waals surface area contributed by atoms with E-state index in [1.54, 1.807) is 24.4 Å². The molecule has 0 atom stereocenters. The van der Waals surface area contributed by atoms with E-state index in [1.807, 2.05) is 18.2 Å². The van der Waals surface area contributed by atoms with E-state index in [0.29, 0.717) is 12.4 Å². The lowest BCUT2D eigenvalue weighted by molar-refractivity contribution is 0.102. The number of hydrogen-bond donors (Lipinski definition) is 2. The fourth-order valence-electron chi connectivity index (χ4n) is 1.98. The number of nitrogens with one attached hydrogen (secondary N) is 2. The van der Waals surface area contributed by atoms with Crippen LogP contribution in [0, 0.1) is 5.82 Å². The molecule has 7 heteroatoms. The summed E-state index contributed by atoms with van der Waals surface area (Å²) in [5.74, 6) is -0.514. The molecule has 0 saturated heterocycles. The van der Waals surface area contributed by atoms with Gasteiger partial charge in [0.25, 0.3) is 5.91 Å². The summed E-state index contributed by atoms with van der Waals surface area (Å²) in [6.45, 7) is 0.496. The van der Waals surface area contributed by atoms with Gasteiger partial charge < -0.3 is 10.6 Å². The van der Waals surface area contributed by atoms with Gasteiger partial charge in [-0.1, -0.05) is 18.2 Å². The topological polar surface area (TPSA) is 79.8 Å². The minimum Gasteiger partial charge on any atom is -0.363 e. The molecule has 1 aromatic carbocycles. The highest BCUT2D eigenvalue weighted by atomic mass is 19.1. The van der Waals surface area contributed by atoms with Gasteiger partial charge in [-0.15, -0.1) is 10.2 Å². The Morgan fingerprint density at radius 2 is 1.83 bits per heavy atom. The zero-order valence-corrected chi connectivity index (χ0v) is 12.6. The summed E-state index contributed by atoms with van der Waals surface area (Å²) in [5.41, 5.74) is 1.06. The van der Waals surface area contributed by atoms with Gasteiger partial charge in [0.15, 0.2) is 5.69 Å². The number of carbonyl (C=O) groups is 1. The Morgan fingerprint density at radius 1 is 1.00 bits per heavy atom. The van der Waals surface area contributed by atoms with Crippen molar-refractivity contribution in [3.63, 3.8) is 0 Å². The van der Waals surface area contributed by atoms with E-state index in [-0.39, 0.29) is 11.4 Å². The van der Waals surface area contributed by atoms with Crippen molar-refractivity contribution in [2.75, 3.05) is 10.6 Å². The first kappa shape index (κ1) is 15.5. The van der Waals surface area contributed by atoms with E-state index in [4.69, 9.17) is 0 Å². The normalized spacial score (nSPS) is 10.2. The summed E-state index contributed by atoms with van der Waals surface area (Å²) < 4.78 is 13.5. The van der Waals surface area contributed by atoms with Crippen LogP contribution < -0.4 is 10.6 Å². The summed E-state index contributed by atoms with van der Waals surface area (Å²) in [6, 6.07) is 14.7. The molecule has 0 saturated carbocycles. The first-order chi connectivity index (χ1) is 11.7. The fourth-order valence-corrected chi connectivity index (χ4v) is 1.98. The predicted molar refractivity (Wildman–Crippen MR) is 87.9 cm³/mol. The zero-order valence-electron chi connectivity index (χ0n) is 12.6. The third-order valence-electron chi connectivity index (χ3n) is 3.20. The molecule has 24 heavy (non-hydrogen) atoms. The van der Waals surface area contributed by atoms with E-state index >= 15 is 0 Å². The average molecular weight is 323 g/mol. The second-order valence-corrected chi connectivity index (χ2v) is 4.91. The quantitative estimate of drug-likeness (QED) is 0.755. The number of halogens is 1. The molecular weight excluding hydrogens is 309 g/mol. The molecule has 0 fully saturated rings. The first-order valence-corrected chi connectivity index (χ1v) is 7.26. The van der Waals surface area contributed by atoms with Gasteiger partial charge in [-0.05, 0) is 36.4 Å². The molecule has 3 rings (SSSR count). The van der Waals surface area contributed by atoms with Gasteiger partial charge in [0, 0.05) is 6.20 Å². The van der Waals surface area contributed by atoms with Crippen molar-refractivity contribution < 1.29 is 9.18 Å². The summed E-state index contributed by atoms with van der Waals surface area (Å²) in [6.07, 6.45) is 1.71. The van der Waals surface area contributed by atoms with Crippen LogP contribution >= 0.6 is 0 Å². The number of pyridine rings is 1. The van der Waals surface area contributed by atoms with Crippen LogP contribution in [0.5, 0.6) is 0 Å². The molecule has 0 aliphatic heterocycles. The van der Waals surface area contributed by atoms with Gasteiger partial charge in [-0.25, -0.2) is 4.39 Å². The van der Waals surface area contributed by atoms with Gasteiger partial charge >= 0.3 is 0 Å². The maximum atomic E-state index is 13.5. The van der Waals surface area contributed by atoms with Crippen LogP contribution in [-0.4, -0.2) is 21.1 Å². The summed E-state index contributed by atoms with van der Waals surface area (Å²) in [5, 5.41) is 13.3. The van der Waals surface area contributed by atoms with Crippen LogP contribution in [0.15, 0.2) is 60.8 Å². The molecule has 3 aromatic rings. The number of benzene rings is 1. The third kappa shape index (κ3) is 3.89. The number of hydrogen-bond acceptors (Lipinski definition) is 5. The van der Waals surface area contributed by atoms with Crippen LogP contribution in [0.3, 0.4) is 0 Å². The fraction of sp³-hybridized carbons (Fsp3) is 0.0588. The van der Waals surface area contributed by atoms with E-state index in [9.17, 15) is 9.18 Å². The zero-order chi connectivity index (χ0) is 16.8. The Balaban J connectivity index is 1.61. The minimum atomic E-state index is -0.524. The van der Waals surface area contributed by atoms with Crippen molar-refractivity contribution in [3.05, 3.63) is 78.0 Å².